The highest BCUT2D eigenvalue weighted by Crippen LogP contribution is 2.05. The molecule has 0 spiro atoms. The normalized spacial score (nSPS) is 13.1. The molecular weight excluding hydrogens is 202 g/mol. The molecule has 0 aliphatic heterocycles. The number of nitrogens with two attached hydrogens (primary N) is 1. The summed E-state index contributed by atoms with van der Waals surface area (Å²) in [5.41, 5.74) is 7.55. The Balaban J connectivity index is 2.58. The summed E-state index contributed by atoms with van der Waals surface area (Å²) in [7, 11) is 3.79. The van der Waals surface area contributed by atoms with E-state index in [0.717, 1.165) is 24.5 Å². The summed E-state index contributed by atoms with van der Waals surface area (Å²) in [5, 5.41) is 0. The van der Waals surface area contributed by atoms with Crippen LogP contribution in [-0.4, -0.2) is 36.7 Å². The van der Waals surface area contributed by atoms with Crippen molar-refractivity contribution in [3.05, 3.63) is 29.6 Å². The summed E-state index contributed by atoms with van der Waals surface area (Å²) in [4.78, 5) is 6.68. The van der Waals surface area contributed by atoms with E-state index in [0.29, 0.717) is 12.6 Å². The largest absolute Gasteiger partial charge is 0.383 e. The molecule has 0 fully saturated rings. The monoisotopic (exact) mass is 223 g/mol. The van der Waals surface area contributed by atoms with Crippen LogP contribution in [-0.2, 0) is 17.8 Å². The lowest BCUT2D eigenvalue weighted by molar-refractivity contribution is 0.111. The third kappa shape index (κ3) is 3.89. The number of pyridine rings is 1. The zero-order valence-electron chi connectivity index (χ0n) is 10.3. The maximum absolute atomic E-state index is 5.56. The fraction of sp³-hybridized carbons (Fsp3) is 0.583. The SMILES string of the molecule is COCC(C)N(C)Cc1cccc(CN)n1. The van der Waals surface area contributed by atoms with Gasteiger partial charge in [0.2, 0.25) is 0 Å². The van der Waals surface area contributed by atoms with Gasteiger partial charge in [-0.1, -0.05) is 6.07 Å². The van der Waals surface area contributed by atoms with Crippen molar-refractivity contribution in [3.8, 4) is 0 Å². The predicted molar refractivity (Wildman–Crippen MR) is 64.9 cm³/mol. The second-order valence-electron chi connectivity index (χ2n) is 4.04. The van der Waals surface area contributed by atoms with Crippen LogP contribution in [0.15, 0.2) is 18.2 Å². The van der Waals surface area contributed by atoms with E-state index in [1.165, 1.54) is 0 Å². The van der Waals surface area contributed by atoms with Gasteiger partial charge in [-0.25, -0.2) is 0 Å². The van der Waals surface area contributed by atoms with E-state index < -0.39 is 0 Å². The van der Waals surface area contributed by atoms with Crippen molar-refractivity contribution in [1.29, 1.82) is 0 Å². The molecule has 0 bridgehead atoms. The quantitative estimate of drug-likeness (QED) is 0.782. The molecule has 1 aromatic heterocycles. The van der Waals surface area contributed by atoms with Crippen LogP contribution in [0.5, 0.6) is 0 Å². The molecular formula is C12H21N3O. The van der Waals surface area contributed by atoms with Gasteiger partial charge < -0.3 is 10.5 Å². The summed E-state index contributed by atoms with van der Waals surface area (Å²) in [5.74, 6) is 0. The molecule has 0 aliphatic rings. The molecule has 1 rings (SSSR count). The van der Waals surface area contributed by atoms with Crippen LogP contribution in [0.25, 0.3) is 0 Å². The summed E-state index contributed by atoms with van der Waals surface area (Å²) >= 11 is 0. The van der Waals surface area contributed by atoms with Gasteiger partial charge in [0.15, 0.2) is 0 Å². The van der Waals surface area contributed by atoms with Gasteiger partial charge in [0.1, 0.15) is 0 Å². The van der Waals surface area contributed by atoms with Gasteiger partial charge in [0, 0.05) is 26.2 Å². The first-order chi connectivity index (χ1) is 7.67. The van der Waals surface area contributed by atoms with Crippen molar-refractivity contribution in [2.75, 3.05) is 20.8 Å². The van der Waals surface area contributed by atoms with Crippen LogP contribution in [0.1, 0.15) is 18.3 Å². The van der Waals surface area contributed by atoms with Gasteiger partial charge in [-0.15, -0.1) is 0 Å². The van der Waals surface area contributed by atoms with Crippen LogP contribution in [0.2, 0.25) is 0 Å². The third-order valence-electron chi connectivity index (χ3n) is 2.65. The number of ether oxygens (including phenoxy) is 1. The van der Waals surface area contributed by atoms with E-state index in [9.17, 15) is 0 Å². The minimum atomic E-state index is 0.383. The van der Waals surface area contributed by atoms with Crippen molar-refractivity contribution >= 4 is 0 Å². The first-order valence-corrected chi connectivity index (χ1v) is 5.51. The maximum Gasteiger partial charge on any atom is 0.0615 e. The molecule has 90 valence electrons. The minimum Gasteiger partial charge on any atom is -0.383 e. The Morgan fingerprint density at radius 2 is 2.12 bits per heavy atom. The molecule has 16 heavy (non-hydrogen) atoms. The molecule has 0 saturated carbocycles. The number of likely N-dealkylation sites (N-methyl/N-ethyl adjacent to an activating group) is 1. The Morgan fingerprint density at radius 1 is 1.44 bits per heavy atom. The van der Waals surface area contributed by atoms with Crippen LogP contribution in [0, 0.1) is 0 Å². The van der Waals surface area contributed by atoms with Crippen LogP contribution in [0.3, 0.4) is 0 Å². The van der Waals surface area contributed by atoms with Crippen LogP contribution in [0.4, 0.5) is 0 Å². The Morgan fingerprint density at radius 3 is 2.75 bits per heavy atom. The zero-order valence-corrected chi connectivity index (χ0v) is 10.3. The van der Waals surface area contributed by atoms with E-state index in [4.69, 9.17) is 10.5 Å². The third-order valence-corrected chi connectivity index (χ3v) is 2.65. The molecule has 1 atom stereocenters. The van der Waals surface area contributed by atoms with Crippen molar-refractivity contribution in [2.45, 2.75) is 26.1 Å². The first-order valence-electron chi connectivity index (χ1n) is 5.51. The Hall–Kier alpha value is -0.970. The maximum atomic E-state index is 5.56. The molecule has 4 nitrogen and oxygen atoms in total. The summed E-state index contributed by atoms with van der Waals surface area (Å²) in [6.45, 7) is 4.17. The fourth-order valence-corrected chi connectivity index (χ4v) is 1.51. The van der Waals surface area contributed by atoms with E-state index in [1.807, 2.05) is 18.2 Å². The van der Waals surface area contributed by atoms with Gasteiger partial charge in [-0.2, -0.15) is 0 Å². The second-order valence-corrected chi connectivity index (χ2v) is 4.04. The highest BCUT2D eigenvalue weighted by molar-refractivity contribution is 5.11. The fourth-order valence-electron chi connectivity index (χ4n) is 1.51. The lowest BCUT2D eigenvalue weighted by Crippen LogP contribution is -2.32. The molecule has 0 radical (unpaired) electrons. The Kier molecular flexibility index (Phi) is 5.38. The molecule has 0 amide bonds. The molecule has 2 N–H and O–H groups in total. The van der Waals surface area contributed by atoms with Crippen LogP contribution >= 0.6 is 0 Å². The smallest absolute Gasteiger partial charge is 0.0615 e. The molecule has 1 unspecified atom stereocenters. The predicted octanol–water partition coefficient (Wildman–Crippen LogP) is 1.01. The van der Waals surface area contributed by atoms with E-state index in [2.05, 4.69) is 23.9 Å². The van der Waals surface area contributed by atoms with E-state index >= 15 is 0 Å². The van der Waals surface area contributed by atoms with Gasteiger partial charge in [0.05, 0.1) is 18.0 Å². The van der Waals surface area contributed by atoms with Gasteiger partial charge in [0.25, 0.3) is 0 Å². The molecule has 0 aliphatic carbocycles. The van der Waals surface area contributed by atoms with Crippen molar-refractivity contribution in [1.82, 2.24) is 9.88 Å². The summed E-state index contributed by atoms with van der Waals surface area (Å²) in [6.07, 6.45) is 0. The zero-order chi connectivity index (χ0) is 12.0. The standard InChI is InChI=1S/C12H21N3O/c1-10(9-16-3)15(2)8-12-6-4-5-11(7-13)14-12/h4-6,10H,7-9,13H2,1-3H3. The Labute approximate surface area is 97.4 Å². The lowest BCUT2D eigenvalue weighted by Gasteiger charge is -2.23. The highest BCUT2D eigenvalue weighted by atomic mass is 16.5. The minimum absolute atomic E-state index is 0.383. The molecule has 0 saturated heterocycles. The molecule has 4 heteroatoms. The van der Waals surface area contributed by atoms with Gasteiger partial charge in [-0.3, -0.25) is 9.88 Å². The molecule has 1 aromatic rings. The Bertz CT molecular complexity index is 317. The van der Waals surface area contributed by atoms with E-state index in [-0.39, 0.29) is 0 Å². The van der Waals surface area contributed by atoms with Gasteiger partial charge in [-0.05, 0) is 26.1 Å². The number of hydrogen-bond donors (Lipinski definition) is 1. The van der Waals surface area contributed by atoms with Crippen molar-refractivity contribution in [3.63, 3.8) is 0 Å². The average Bonchev–Trinajstić information content (AvgIpc) is 2.29. The van der Waals surface area contributed by atoms with Crippen molar-refractivity contribution < 1.29 is 4.74 Å². The lowest BCUT2D eigenvalue weighted by atomic mass is 10.2. The number of nitrogens with zero attached hydrogens (tertiary/aromatic N) is 2. The number of aromatic nitrogens is 1. The summed E-state index contributed by atoms with van der Waals surface area (Å²) in [6, 6.07) is 6.35. The number of methoxy groups -OCH3 is 1. The first kappa shape index (κ1) is 13.1. The topological polar surface area (TPSA) is 51.4 Å². The van der Waals surface area contributed by atoms with Crippen molar-refractivity contribution in [2.24, 2.45) is 5.73 Å². The summed E-state index contributed by atoms with van der Waals surface area (Å²) < 4.78 is 5.13. The molecule has 0 aromatic carbocycles. The van der Waals surface area contributed by atoms with E-state index in [1.54, 1.807) is 7.11 Å². The highest BCUT2D eigenvalue weighted by Gasteiger charge is 2.09. The number of hydrogen-bond acceptors (Lipinski definition) is 4. The van der Waals surface area contributed by atoms with Crippen LogP contribution < -0.4 is 5.73 Å². The molecule has 1 heterocycles. The second kappa shape index (κ2) is 6.58. The van der Waals surface area contributed by atoms with Gasteiger partial charge >= 0.3 is 0 Å². The number of rotatable bonds is 6. The average molecular weight is 223 g/mol.